The van der Waals surface area contributed by atoms with Gasteiger partial charge in [0.1, 0.15) is 189 Å². The van der Waals surface area contributed by atoms with Crippen molar-refractivity contribution in [2.75, 3.05) is 46.2 Å². The third kappa shape index (κ3) is 18.3. The van der Waals surface area contributed by atoms with Gasteiger partial charge in [-0.2, -0.15) is 0 Å². The molecule has 0 bridgehead atoms. The molecule has 8 aliphatic heterocycles. The number of aliphatic hydroxyl groups excluding tert-OH is 21. The quantitative estimate of drug-likeness (QED) is 0.0404. The topological polar surface area (TPSA) is 680 Å². The highest BCUT2D eigenvalue weighted by molar-refractivity contribution is 5.74. The van der Waals surface area contributed by atoms with Gasteiger partial charge in [0.2, 0.25) is 23.6 Å². The summed E-state index contributed by atoms with van der Waals surface area (Å²) in [4.78, 5) is 50.2. The molecule has 0 aromatic carbocycles. The molecule has 8 saturated heterocycles. The smallest absolute Gasteiger partial charge is 0.217 e. The van der Waals surface area contributed by atoms with Crippen LogP contribution in [0.3, 0.4) is 0 Å². The van der Waals surface area contributed by atoms with Gasteiger partial charge in [0.15, 0.2) is 50.3 Å². The van der Waals surface area contributed by atoms with E-state index in [0.717, 1.165) is 27.7 Å². The van der Waals surface area contributed by atoms with E-state index in [1.54, 1.807) is 0 Å². The first-order valence-corrected chi connectivity index (χ1v) is 32.0. The summed E-state index contributed by atoms with van der Waals surface area (Å²) in [5.41, 5.74) is 0. The number of hydrogen-bond acceptors (Lipinski definition) is 40. The van der Waals surface area contributed by atoms with Crippen molar-refractivity contribution in [2.45, 2.75) is 280 Å². The molecule has 0 saturated carbocycles. The van der Waals surface area contributed by atoms with Crippen LogP contribution in [0.4, 0.5) is 0 Å². The second-order valence-corrected chi connectivity index (χ2v) is 25.4. The molecule has 8 fully saturated rings. The van der Waals surface area contributed by atoms with Crippen molar-refractivity contribution >= 4 is 23.6 Å². The molecule has 8 rings (SSSR count). The van der Waals surface area contributed by atoms with Crippen molar-refractivity contribution in [3.63, 3.8) is 0 Å². The predicted molar refractivity (Wildman–Crippen MR) is 309 cm³/mol. The minimum atomic E-state index is -2.50. The zero-order chi connectivity index (χ0) is 73.8. The summed E-state index contributed by atoms with van der Waals surface area (Å²) in [7, 11) is 0. The van der Waals surface area contributed by atoms with E-state index in [4.69, 9.17) is 71.1 Å². The molecule has 40 atom stereocenters. The largest absolute Gasteiger partial charge is 0.394 e. The number of carbonyl (C=O) groups is 4. The first-order valence-electron chi connectivity index (χ1n) is 32.0. The molecule has 100 heavy (non-hydrogen) atoms. The van der Waals surface area contributed by atoms with E-state index in [2.05, 4.69) is 21.3 Å². The van der Waals surface area contributed by atoms with Gasteiger partial charge in [-0.3, -0.25) is 19.2 Å². The van der Waals surface area contributed by atoms with Gasteiger partial charge >= 0.3 is 0 Å². The van der Waals surface area contributed by atoms with Crippen molar-refractivity contribution in [2.24, 2.45) is 0 Å². The number of amides is 4. The SMILES string of the molecule is CC(=O)N[C@H]1[C@H](O[C@H]2[C@H](O)[C@@H](NC(C)=O)C(O)O[C@@H]2CO[C@H]2O[C@H](C)[C@H](O)[C@H](O)[C@H]2O)O[C@H](CO)[C@@H](O[C@@H]2O[C@H](CO[C@H]3O[C@H](CO)[C@@H](O)[C@H](O)[C@@H]3O[C@@H]3O[C@H](CO)[C@@H](O)[C@H](O)[C@H]3NC(C)=O)[C@@H](O)[C@H](O[C@H]3O[C@H](CO)[C@@H](O)[C@H](O)[C@@H]3O[C@@H]3O[C@H](CO)[C@@H](O)[C@H](O)[C@H]3NC(C)=O)[C@@H]2O)[C@@H]1O. The summed E-state index contributed by atoms with van der Waals surface area (Å²) in [5.74, 6) is -3.42. The molecular weight excluding hydrogens is 1370 g/mol. The van der Waals surface area contributed by atoms with Crippen molar-refractivity contribution in [3.05, 3.63) is 0 Å². The Morgan fingerprint density at radius 1 is 0.280 bits per heavy atom. The Kier molecular flexibility index (Phi) is 29.3. The minimum absolute atomic E-state index is 0.809. The maximum absolute atomic E-state index is 13.1. The van der Waals surface area contributed by atoms with Crippen molar-refractivity contribution in [3.8, 4) is 0 Å². The molecule has 578 valence electrons. The lowest BCUT2D eigenvalue weighted by Gasteiger charge is -2.51. The van der Waals surface area contributed by atoms with Gasteiger partial charge in [-0.05, 0) is 6.92 Å². The molecule has 0 radical (unpaired) electrons. The Bertz CT molecular complexity index is 2620. The zero-order valence-corrected chi connectivity index (χ0v) is 54.2. The Morgan fingerprint density at radius 3 is 1.09 bits per heavy atom. The fraction of sp³-hybridized carbons (Fsp3) is 0.929. The van der Waals surface area contributed by atoms with E-state index in [-0.39, 0.29) is 0 Å². The highest BCUT2D eigenvalue weighted by atomic mass is 16.8. The minimum Gasteiger partial charge on any atom is -0.394 e. The van der Waals surface area contributed by atoms with E-state index in [0.29, 0.717) is 0 Å². The fourth-order valence-corrected chi connectivity index (χ4v) is 12.8. The molecule has 8 aliphatic rings. The third-order valence-electron chi connectivity index (χ3n) is 18.2. The lowest BCUT2D eigenvalue weighted by Crippen LogP contribution is -2.71. The first kappa shape index (κ1) is 82.1. The van der Waals surface area contributed by atoms with Crippen molar-refractivity contribution in [1.29, 1.82) is 0 Å². The van der Waals surface area contributed by atoms with E-state index in [9.17, 15) is 126 Å². The van der Waals surface area contributed by atoms with Crippen LogP contribution < -0.4 is 21.3 Å². The monoisotopic (exact) mass is 1460 g/mol. The predicted octanol–water partition coefficient (Wildman–Crippen LogP) is -16.8. The Hall–Kier alpha value is -3.56. The van der Waals surface area contributed by atoms with Crippen LogP contribution in [0, 0.1) is 0 Å². The molecule has 8 heterocycles. The number of nitrogens with one attached hydrogen (secondary N) is 4. The number of ether oxygens (including phenoxy) is 15. The number of hydrogen-bond donors (Lipinski definition) is 25. The Balaban J connectivity index is 1.14. The number of carbonyl (C=O) groups excluding carboxylic acids is 4. The molecule has 1 unspecified atom stereocenters. The maximum atomic E-state index is 13.1. The van der Waals surface area contributed by atoms with Crippen LogP contribution in [0.25, 0.3) is 0 Å². The molecule has 0 aromatic heterocycles. The van der Waals surface area contributed by atoms with E-state index in [1.807, 2.05) is 0 Å². The van der Waals surface area contributed by atoms with Crippen LogP contribution >= 0.6 is 0 Å². The van der Waals surface area contributed by atoms with Crippen molar-refractivity contribution in [1.82, 2.24) is 21.3 Å². The zero-order valence-electron chi connectivity index (χ0n) is 54.2. The molecular formula is C56H94N4O40. The third-order valence-corrected chi connectivity index (χ3v) is 18.2. The van der Waals surface area contributed by atoms with Crippen LogP contribution in [-0.2, 0) is 90.2 Å². The van der Waals surface area contributed by atoms with E-state index in [1.165, 1.54) is 6.92 Å². The summed E-state index contributed by atoms with van der Waals surface area (Å²) in [6.45, 7) is -1.92. The molecule has 0 spiro atoms. The van der Waals surface area contributed by atoms with Crippen LogP contribution in [0.2, 0.25) is 0 Å². The molecule has 0 aromatic rings. The van der Waals surface area contributed by atoms with Gasteiger partial charge in [0, 0.05) is 27.7 Å². The summed E-state index contributed by atoms with van der Waals surface area (Å²) < 4.78 is 88.8. The highest BCUT2D eigenvalue weighted by Gasteiger charge is 2.60. The Morgan fingerprint density at radius 2 is 0.620 bits per heavy atom. The van der Waals surface area contributed by atoms with E-state index >= 15 is 0 Å². The van der Waals surface area contributed by atoms with Crippen LogP contribution in [0.1, 0.15) is 34.6 Å². The van der Waals surface area contributed by atoms with Gasteiger partial charge < -0.3 is 200 Å². The van der Waals surface area contributed by atoms with Crippen LogP contribution in [0.5, 0.6) is 0 Å². The number of rotatable bonds is 25. The average Bonchev–Trinajstić information content (AvgIpc) is 0.773. The summed E-state index contributed by atoms with van der Waals surface area (Å²) in [6, 6.07) is -7.10. The lowest BCUT2D eigenvalue weighted by molar-refractivity contribution is -0.396. The average molecular weight is 1460 g/mol. The summed E-state index contributed by atoms with van der Waals surface area (Å²) in [6.07, 6.45) is -71.6. The fourth-order valence-electron chi connectivity index (χ4n) is 12.8. The van der Waals surface area contributed by atoms with E-state index < -0.39 is 315 Å². The standard InChI is InChI=1S/C56H94N4O40/c1-13-29(70)39(80)42(83)53(88-13)86-12-24-45(37(78)25(49(85)89-24)57-14(2)66)96-52-28(60-17(5)69)38(79)44(22(10-65)94-52)97-54-43(84)46(98-56-48(41(82)33(74)21(9-64)93-56)100-51-27(59-16(4)68)36(77)31(72)19(7-62)91-51)34(75)23(95-54)11-87-55-47(40(81)32(73)20(8-63)92-55)99-50-26(58-15(3)67)35(76)30(71)18(6-61)90-50/h13,18-56,61-65,70-85H,6-12H2,1-5H3,(H,57,66)(H,58,67)(H,59,68)(H,60,69)/t13-,18-,19-,20-,21-,22-,23-,24-,25-,26-,27-,28-,29+,30-,31-,32-,33-,34-,35-,36-,37-,38-,39+,40+,41+,42-,43+,44-,45-,46+,47+,48+,49?,50+,51+,52+,53+,54+,55+,56-/m1/s1. The molecule has 44 heteroatoms. The Labute approximate surface area is 567 Å². The van der Waals surface area contributed by atoms with Gasteiger partial charge in [-0.25, -0.2) is 0 Å². The normalized spacial score (nSPS) is 48.7. The van der Waals surface area contributed by atoms with Crippen LogP contribution in [-0.4, -0.2) is 423 Å². The number of aliphatic hydroxyl groups is 21. The maximum Gasteiger partial charge on any atom is 0.217 e. The molecule has 25 N–H and O–H groups in total. The molecule has 0 aliphatic carbocycles. The molecule has 44 nitrogen and oxygen atoms in total. The van der Waals surface area contributed by atoms with Gasteiger partial charge in [-0.15, -0.1) is 0 Å². The van der Waals surface area contributed by atoms with Gasteiger partial charge in [0.05, 0.1) is 52.4 Å². The summed E-state index contributed by atoms with van der Waals surface area (Å²) >= 11 is 0. The molecule has 4 amide bonds. The lowest BCUT2D eigenvalue weighted by atomic mass is 9.93. The van der Waals surface area contributed by atoms with Gasteiger partial charge in [-0.1, -0.05) is 0 Å². The van der Waals surface area contributed by atoms with Crippen molar-refractivity contribution < 1.29 is 197 Å². The first-order chi connectivity index (χ1) is 47.2. The van der Waals surface area contributed by atoms with Crippen LogP contribution in [0.15, 0.2) is 0 Å². The highest BCUT2D eigenvalue weighted by Crippen LogP contribution is 2.38. The second kappa shape index (κ2) is 35.7. The second-order valence-electron chi connectivity index (χ2n) is 25.4. The van der Waals surface area contributed by atoms with Gasteiger partial charge in [0.25, 0.3) is 0 Å². The summed E-state index contributed by atoms with van der Waals surface area (Å²) in [5, 5.41) is 242.